The number of aryl methyl sites for hydroxylation is 1. The molecule has 3 aromatic carbocycles. The van der Waals surface area contributed by atoms with Crippen molar-refractivity contribution in [2.75, 3.05) is 44.6 Å². The van der Waals surface area contributed by atoms with Gasteiger partial charge in [-0.1, -0.05) is 31.2 Å². The summed E-state index contributed by atoms with van der Waals surface area (Å²) in [6, 6.07) is 19.6. The summed E-state index contributed by atoms with van der Waals surface area (Å²) in [6.07, 6.45) is 3.16. The Morgan fingerprint density at radius 2 is 1.51 bits per heavy atom. The van der Waals surface area contributed by atoms with Crippen LogP contribution < -0.4 is 10.1 Å². The van der Waals surface area contributed by atoms with Crippen molar-refractivity contribution in [2.24, 2.45) is 0 Å². The number of nitrogens with one attached hydrogen (secondary N) is 1. The lowest BCUT2D eigenvalue weighted by Crippen LogP contribution is -2.52. The molecule has 1 N–H and O–H groups in total. The maximum atomic E-state index is 13.7. The second kappa shape index (κ2) is 12.7. The number of amides is 1. The molecule has 0 aliphatic carbocycles. The second-order valence-electron chi connectivity index (χ2n) is 10.5. The van der Waals surface area contributed by atoms with E-state index in [-0.39, 0.29) is 29.5 Å². The molecule has 0 saturated carbocycles. The number of nitrogens with zero attached hydrogens (tertiary/aromatic N) is 2. The topological polar surface area (TPSA) is 44.8 Å². The molecule has 0 aromatic heterocycles. The average molecular weight is 534 g/mol. The number of carbonyl (C=O) groups excluding carboxylic acids is 1. The number of anilines is 1. The van der Waals surface area contributed by atoms with Gasteiger partial charge in [-0.25, -0.2) is 8.78 Å². The fourth-order valence-corrected chi connectivity index (χ4v) is 5.93. The summed E-state index contributed by atoms with van der Waals surface area (Å²) in [5, 5.41) is 2.91. The van der Waals surface area contributed by atoms with Gasteiger partial charge in [0.25, 0.3) is 0 Å². The first-order chi connectivity index (χ1) is 19.0. The monoisotopic (exact) mass is 533 g/mol. The third kappa shape index (κ3) is 6.84. The highest BCUT2D eigenvalue weighted by Crippen LogP contribution is 2.34. The Labute approximate surface area is 229 Å². The predicted octanol–water partition coefficient (Wildman–Crippen LogP) is 5.85. The molecule has 1 fully saturated rings. The van der Waals surface area contributed by atoms with Gasteiger partial charge in [0.15, 0.2) is 0 Å². The maximum absolute atomic E-state index is 13.7. The Morgan fingerprint density at radius 1 is 0.872 bits per heavy atom. The normalized spacial score (nSPS) is 17.1. The van der Waals surface area contributed by atoms with E-state index >= 15 is 0 Å². The lowest BCUT2D eigenvalue weighted by molar-refractivity contribution is -0.116. The number of rotatable bonds is 10. The molecule has 206 valence electrons. The first-order valence-electron chi connectivity index (χ1n) is 14.0. The first kappa shape index (κ1) is 27.3. The number of hydrogen-bond donors (Lipinski definition) is 1. The van der Waals surface area contributed by atoms with E-state index in [2.05, 4.69) is 22.0 Å². The van der Waals surface area contributed by atoms with E-state index in [1.165, 1.54) is 24.3 Å². The zero-order valence-electron chi connectivity index (χ0n) is 22.5. The fraction of sp³-hybridized carbons (Fsp3) is 0.406. The Kier molecular flexibility index (Phi) is 8.89. The van der Waals surface area contributed by atoms with E-state index in [0.717, 1.165) is 80.1 Å². The number of piperazine rings is 1. The van der Waals surface area contributed by atoms with Gasteiger partial charge in [0, 0.05) is 56.8 Å². The minimum absolute atomic E-state index is 0.0427. The molecular weight excluding hydrogens is 496 g/mol. The molecule has 0 bridgehead atoms. The summed E-state index contributed by atoms with van der Waals surface area (Å²) in [6.45, 7) is 7.70. The van der Waals surface area contributed by atoms with Gasteiger partial charge < -0.3 is 15.0 Å². The number of halogens is 2. The van der Waals surface area contributed by atoms with Gasteiger partial charge in [-0.05, 0) is 78.4 Å². The van der Waals surface area contributed by atoms with E-state index in [9.17, 15) is 13.6 Å². The highest BCUT2D eigenvalue weighted by molar-refractivity contribution is 5.94. The molecule has 3 aromatic rings. The SMILES string of the molecule is CCC(C(c1ccc(F)cc1)c1ccc(F)cc1)N1CCN(CCCOc2ccc3c(c2)CCC(=O)N3)CC1. The molecule has 2 aliphatic rings. The van der Waals surface area contributed by atoms with Gasteiger partial charge in [0.1, 0.15) is 17.4 Å². The zero-order valence-corrected chi connectivity index (χ0v) is 22.5. The van der Waals surface area contributed by atoms with Gasteiger partial charge in [0.05, 0.1) is 6.61 Å². The minimum Gasteiger partial charge on any atom is -0.494 e. The van der Waals surface area contributed by atoms with Gasteiger partial charge in [-0.2, -0.15) is 0 Å². The number of benzene rings is 3. The van der Waals surface area contributed by atoms with Crippen molar-refractivity contribution >= 4 is 11.6 Å². The quantitative estimate of drug-likeness (QED) is 0.332. The number of hydrogen-bond acceptors (Lipinski definition) is 4. The molecule has 7 heteroatoms. The number of carbonyl (C=O) groups is 1. The highest BCUT2D eigenvalue weighted by Gasteiger charge is 2.31. The molecule has 1 atom stereocenters. The standard InChI is InChI=1S/C32H37F2N3O2/c1-2-30(32(23-4-9-26(33)10-5-23)24-6-11-27(34)12-7-24)37-19-17-36(18-20-37)16-3-21-39-28-13-14-29-25(22-28)8-15-31(38)35-29/h4-7,9-14,22,30,32H,2-3,8,15-21H2,1H3,(H,35,38). The van der Waals surface area contributed by atoms with Crippen molar-refractivity contribution in [3.8, 4) is 5.75 Å². The molecule has 1 amide bonds. The van der Waals surface area contributed by atoms with E-state index in [0.29, 0.717) is 13.0 Å². The van der Waals surface area contributed by atoms with Crippen LogP contribution in [0, 0.1) is 11.6 Å². The van der Waals surface area contributed by atoms with Crippen LogP contribution >= 0.6 is 0 Å². The minimum atomic E-state index is -0.248. The third-order valence-electron chi connectivity index (χ3n) is 8.00. The van der Waals surface area contributed by atoms with E-state index in [1.807, 2.05) is 42.5 Å². The van der Waals surface area contributed by atoms with Gasteiger partial charge in [0.2, 0.25) is 5.91 Å². The van der Waals surface area contributed by atoms with Gasteiger partial charge in [-0.15, -0.1) is 0 Å². The molecule has 39 heavy (non-hydrogen) atoms. The van der Waals surface area contributed by atoms with Crippen LogP contribution in [-0.2, 0) is 11.2 Å². The smallest absolute Gasteiger partial charge is 0.224 e. The molecule has 1 unspecified atom stereocenters. The van der Waals surface area contributed by atoms with Crippen LogP contribution in [0.5, 0.6) is 5.75 Å². The van der Waals surface area contributed by atoms with Crippen LogP contribution in [0.1, 0.15) is 48.8 Å². The Bertz CT molecular complexity index is 1200. The van der Waals surface area contributed by atoms with Gasteiger partial charge >= 0.3 is 0 Å². The molecule has 5 nitrogen and oxygen atoms in total. The molecule has 2 aliphatic heterocycles. The van der Waals surface area contributed by atoms with Gasteiger partial charge in [-0.3, -0.25) is 9.69 Å². The van der Waals surface area contributed by atoms with Crippen LogP contribution in [0.3, 0.4) is 0 Å². The van der Waals surface area contributed by atoms with Crippen molar-refractivity contribution in [1.29, 1.82) is 0 Å². The lowest BCUT2D eigenvalue weighted by Gasteiger charge is -2.42. The van der Waals surface area contributed by atoms with Crippen molar-refractivity contribution in [1.82, 2.24) is 9.80 Å². The van der Waals surface area contributed by atoms with E-state index < -0.39 is 0 Å². The zero-order chi connectivity index (χ0) is 27.2. The van der Waals surface area contributed by atoms with Crippen LogP contribution in [0.4, 0.5) is 14.5 Å². The number of ether oxygens (including phenoxy) is 1. The molecule has 1 saturated heterocycles. The average Bonchev–Trinajstić information content (AvgIpc) is 2.96. The summed E-state index contributed by atoms with van der Waals surface area (Å²) in [4.78, 5) is 16.6. The predicted molar refractivity (Wildman–Crippen MR) is 150 cm³/mol. The summed E-state index contributed by atoms with van der Waals surface area (Å²) < 4.78 is 33.4. The van der Waals surface area contributed by atoms with Crippen molar-refractivity contribution in [3.05, 3.63) is 95.1 Å². The summed E-state index contributed by atoms with van der Waals surface area (Å²) in [5.41, 5.74) is 4.13. The molecule has 5 rings (SSSR count). The van der Waals surface area contributed by atoms with Crippen LogP contribution in [0.25, 0.3) is 0 Å². The first-order valence-corrected chi connectivity index (χ1v) is 14.0. The largest absolute Gasteiger partial charge is 0.494 e. The second-order valence-corrected chi connectivity index (χ2v) is 10.5. The summed E-state index contributed by atoms with van der Waals surface area (Å²) in [7, 11) is 0. The molecular formula is C32H37F2N3O2. The van der Waals surface area contributed by atoms with Crippen LogP contribution in [0.15, 0.2) is 66.7 Å². The van der Waals surface area contributed by atoms with E-state index in [4.69, 9.17) is 4.74 Å². The summed E-state index contributed by atoms with van der Waals surface area (Å²) in [5.74, 6) is 0.474. The van der Waals surface area contributed by atoms with Crippen LogP contribution in [-0.4, -0.2) is 61.1 Å². The molecule has 0 spiro atoms. The molecule has 2 heterocycles. The maximum Gasteiger partial charge on any atom is 0.224 e. The van der Waals surface area contributed by atoms with Crippen molar-refractivity contribution in [2.45, 2.75) is 44.6 Å². The lowest BCUT2D eigenvalue weighted by atomic mass is 9.82. The highest BCUT2D eigenvalue weighted by atomic mass is 19.1. The Hall–Kier alpha value is -3.29. The number of fused-ring (bicyclic) bond motifs is 1. The molecule has 0 radical (unpaired) electrons. The van der Waals surface area contributed by atoms with E-state index in [1.54, 1.807) is 0 Å². The Morgan fingerprint density at radius 3 is 2.13 bits per heavy atom. The fourth-order valence-electron chi connectivity index (χ4n) is 5.93. The summed E-state index contributed by atoms with van der Waals surface area (Å²) >= 11 is 0. The van der Waals surface area contributed by atoms with Crippen LogP contribution in [0.2, 0.25) is 0 Å². The Balaban J connectivity index is 1.14. The van der Waals surface area contributed by atoms with Crippen molar-refractivity contribution in [3.63, 3.8) is 0 Å². The third-order valence-corrected chi connectivity index (χ3v) is 8.00. The van der Waals surface area contributed by atoms with Crippen molar-refractivity contribution < 1.29 is 18.3 Å².